The first-order chi connectivity index (χ1) is 23.1. The molecule has 0 fully saturated rings. The minimum Gasteiger partial charge on any atom is -0.329 e. The maximum Gasteiger partial charge on any atom is 0.416 e. The Labute approximate surface area is 274 Å². The van der Waals surface area contributed by atoms with Gasteiger partial charge in [-0.25, -0.2) is 9.59 Å². The Balaban J connectivity index is 1.70. The first kappa shape index (κ1) is 37.4. The summed E-state index contributed by atoms with van der Waals surface area (Å²) in [5.41, 5.74) is -8.26. The molecule has 0 aliphatic carbocycles. The summed E-state index contributed by atoms with van der Waals surface area (Å²) in [6, 6.07) is 9.98. The Morgan fingerprint density at radius 1 is 0.420 bits per heavy atom. The number of carbonyl (C=O) groups is 2. The van der Waals surface area contributed by atoms with Crippen LogP contribution in [0.5, 0.6) is 0 Å². The third kappa shape index (κ3) is 9.82. The summed E-state index contributed by atoms with van der Waals surface area (Å²) in [7, 11) is 0. The van der Waals surface area contributed by atoms with E-state index in [2.05, 4.69) is 10.6 Å². The molecule has 266 valence electrons. The van der Waals surface area contributed by atoms with E-state index in [9.17, 15) is 62.3 Å². The molecular formula is C32H22F12N4O2. The zero-order valence-corrected chi connectivity index (χ0v) is 24.7. The van der Waals surface area contributed by atoms with Gasteiger partial charge in [0, 0.05) is 11.4 Å². The minimum absolute atomic E-state index is 0.147. The van der Waals surface area contributed by atoms with Crippen LogP contribution in [0.1, 0.15) is 45.5 Å². The summed E-state index contributed by atoms with van der Waals surface area (Å²) in [4.78, 5) is 26.3. The molecule has 2 atom stereocenters. The van der Waals surface area contributed by atoms with Gasteiger partial charge in [0.05, 0.1) is 34.3 Å². The fraction of sp³-hybridized carbons (Fsp3) is 0.188. The topological polar surface area (TPSA) is 82.3 Å². The molecule has 0 radical (unpaired) electrons. The second-order valence-electron chi connectivity index (χ2n) is 10.6. The highest BCUT2D eigenvalue weighted by Crippen LogP contribution is 2.39. The van der Waals surface area contributed by atoms with Crippen LogP contribution in [0.25, 0.3) is 0 Å². The van der Waals surface area contributed by atoms with E-state index in [1.165, 1.54) is 48.5 Å². The number of hydrogen-bond acceptors (Lipinski definition) is 2. The van der Waals surface area contributed by atoms with Crippen molar-refractivity contribution in [3.63, 3.8) is 0 Å². The lowest BCUT2D eigenvalue weighted by molar-refractivity contribution is -0.144. The number of nitrogens with one attached hydrogen (secondary N) is 4. The van der Waals surface area contributed by atoms with Crippen molar-refractivity contribution in [3.8, 4) is 0 Å². The Hall–Kier alpha value is -5.42. The molecule has 0 heterocycles. The number of amides is 4. The third-order valence-electron chi connectivity index (χ3n) is 6.91. The van der Waals surface area contributed by atoms with Gasteiger partial charge in [-0.2, -0.15) is 52.7 Å². The quantitative estimate of drug-likeness (QED) is 0.143. The molecule has 6 nitrogen and oxygen atoms in total. The molecule has 0 saturated carbocycles. The minimum atomic E-state index is -5.23. The number of halogens is 12. The predicted octanol–water partition coefficient (Wildman–Crippen LogP) is 10.2. The van der Waals surface area contributed by atoms with Crippen molar-refractivity contribution in [2.45, 2.75) is 36.8 Å². The lowest BCUT2D eigenvalue weighted by Gasteiger charge is -2.30. The van der Waals surface area contributed by atoms with Crippen LogP contribution < -0.4 is 21.3 Å². The number of anilines is 2. The molecule has 4 N–H and O–H groups in total. The van der Waals surface area contributed by atoms with Crippen LogP contribution in [-0.2, 0) is 24.7 Å². The average molecular weight is 723 g/mol. The lowest BCUT2D eigenvalue weighted by atomic mass is 9.93. The lowest BCUT2D eigenvalue weighted by Crippen LogP contribution is -2.43. The molecule has 2 unspecified atom stereocenters. The Morgan fingerprint density at radius 2 is 0.680 bits per heavy atom. The van der Waals surface area contributed by atoms with Crippen LogP contribution in [-0.4, -0.2) is 12.1 Å². The van der Waals surface area contributed by atoms with E-state index in [-0.39, 0.29) is 47.5 Å². The molecule has 0 spiro atoms. The van der Waals surface area contributed by atoms with Crippen LogP contribution in [0.15, 0.2) is 97.1 Å². The van der Waals surface area contributed by atoms with Crippen molar-refractivity contribution in [2.75, 3.05) is 10.6 Å². The summed E-state index contributed by atoms with van der Waals surface area (Å²) >= 11 is 0. The van der Waals surface area contributed by atoms with E-state index >= 15 is 0 Å². The van der Waals surface area contributed by atoms with E-state index in [1.807, 2.05) is 10.6 Å². The molecule has 0 bridgehead atoms. The summed E-state index contributed by atoms with van der Waals surface area (Å²) in [5.74, 6) is 0. The summed E-state index contributed by atoms with van der Waals surface area (Å²) in [6.07, 6.45) is -20.9. The van der Waals surface area contributed by atoms with Gasteiger partial charge >= 0.3 is 36.8 Å². The highest BCUT2D eigenvalue weighted by Gasteiger charge is 2.39. The molecule has 4 rings (SSSR count). The number of urea groups is 2. The predicted molar refractivity (Wildman–Crippen MR) is 156 cm³/mol. The van der Waals surface area contributed by atoms with Gasteiger partial charge < -0.3 is 21.3 Å². The van der Waals surface area contributed by atoms with Crippen LogP contribution in [0.4, 0.5) is 73.6 Å². The molecule has 0 aliphatic heterocycles. The fourth-order valence-corrected chi connectivity index (χ4v) is 4.71. The molecule has 0 aromatic heterocycles. The second kappa shape index (κ2) is 14.2. The van der Waals surface area contributed by atoms with Crippen molar-refractivity contribution in [3.05, 3.63) is 130 Å². The maximum absolute atomic E-state index is 13.4. The largest absolute Gasteiger partial charge is 0.416 e. The third-order valence-corrected chi connectivity index (χ3v) is 6.91. The molecule has 4 aromatic rings. The van der Waals surface area contributed by atoms with Gasteiger partial charge in [-0.05, 0) is 47.5 Å². The van der Waals surface area contributed by atoms with Crippen LogP contribution >= 0.6 is 0 Å². The van der Waals surface area contributed by atoms with Crippen molar-refractivity contribution in [1.82, 2.24) is 10.6 Å². The van der Waals surface area contributed by atoms with E-state index in [4.69, 9.17) is 0 Å². The SMILES string of the molecule is O=C(Nc1cc(C(F)(F)F)cc(C(F)(F)F)c1)NC(c1ccccc1)C(NC(=O)Nc1cc(C(F)(F)F)cc(C(F)(F)F)c1)c1ccccc1. The molecule has 18 heteroatoms. The summed E-state index contributed by atoms with van der Waals surface area (Å²) < 4.78 is 161. The number of rotatable bonds is 7. The number of carbonyl (C=O) groups excluding carboxylic acids is 2. The van der Waals surface area contributed by atoms with Gasteiger partial charge in [0.2, 0.25) is 0 Å². The zero-order chi connectivity index (χ0) is 37.1. The molecule has 0 saturated heterocycles. The molecule has 4 amide bonds. The highest BCUT2D eigenvalue weighted by atomic mass is 19.4. The smallest absolute Gasteiger partial charge is 0.329 e. The van der Waals surface area contributed by atoms with Gasteiger partial charge in [-0.15, -0.1) is 0 Å². The van der Waals surface area contributed by atoms with E-state index in [0.717, 1.165) is 0 Å². The summed E-state index contributed by atoms with van der Waals surface area (Å²) in [5, 5.41) is 8.57. The standard InChI is InChI=1S/C32H22F12N4O2/c33-29(34,35)19-11-20(30(36,37)38)14-23(13-19)45-27(49)47-25(17-7-3-1-4-8-17)26(18-9-5-2-6-10-18)48-28(50)46-24-15-21(31(39,40)41)12-22(16-24)32(42,43)44/h1-16,25-26H,(H2,45,47,49)(H2,46,48,50). The van der Waals surface area contributed by atoms with Crippen LogP contribution in [0.3, 0.4) is 0 Å². The number of alkyl halides is 12. The Kier molecular flexibility index (Phi) is 10.6. The molecule has 4 aromatic carbocycles. The average Bonchev–Trinajstić information content (AvgIpc) is 3.01. The van der Waals surface area contributed by atoms with Gasteiger partial charge in [0.1, 0.15) is 0 Å². The first-order valence-electron chi connectivity index (χ1n) is 13.9. The van der Waals surface area contributed by atoms with Crippen molar-refractivity contribution < 1.29 is 62.3 Å². The van der Waals surface area contributed by atoms with Crippen molar-refractivity contribution in [2.24, 2.45) is 0 Å². The number of benzene rings is 4. The molecular weight excluding hydrogens is 700 g/mol. The van der Waals surface area contributed by atoms with E-state index in [1.54, 1.807) is 12.1 Å². The van der Waals surface area contributed by atoms with Crippen LogP contribution in [0, 0.1) is 0 Å². The van der Waals surface area contributed by atoms with Gasteiger partial charge in [0.25, 0.3) is 0 Å². The highest BCUT2D eigenvalue weighted by molar-refractivity contribution is 5.91. The van der Waals surface area contributed by atoms with Crippen molar-refractivity contribution >= 4 is 23.4 Å². The first-order valence-corrected chi connectivity index (χ1v) is 13.9. The summed E-state index contributed by atoms with van der Waals surface area (Å²) in [6.45, 7) is 0. The fourth-order valence-electron chi connectivity index (χ4n) is 4.71. The monoisotopic (exact) mass is 722 g/mol. The molecule has 0 aliphatic rings. The Bertz CT molecular complexity index is 1610. The van der Waals surface area contributed by atoms with Crippen LogP contribution in [0.2, 0.25) is 0 Å². The van der Waals surface area contributed by atoms with E-state index in [0.29, 0.717) is 0 Å². The zero-order valence-electron chi connectivity index (χ0n) is 24.7. The Morgan fingerprint density at radius 3 is 0.920 bits per heavy atom. The normalized spacial score (nSPS) is 13.6. The van der Waals surface area contributed by atoms with E-state index < -0.39 is 82.5 Å². The van der Waals surface area contributed by atoms with Crippen molar-refractivity contribution in [1.29, 1.82) is 0 Å². The number of hydrogen-bond donors (Lipinski definition) is 4. The van der Waals surface area contributed by atoms with Gasteiger partial charge in [-0.1, -0.05) is 60.7 Å². The van der Waals surface area contributed by atoms with Gasteiger partial charge in [-0.3, -0.25) is 0 Å². The maximum atomic E-state index is 13.4. The van der Waals surface area contributed by atoms with Gasteiger partial charge in [0.15, 0.2) is 0 Å². The second-order valence-corrected chi connectivity index (χ2v) is 10.6. The molecule has 50 heavy (non-hydrogen) atoms.